The molecular weight excluding hydrogens is 412 g/mol. The van der Waals surface area contributed by atoms with Gasteiger partial charge < -0.3 is 14.4 Å². The number of aliphatic hydroxyl groups is 1. The number of aliphatic hydroxyl groups excluding tert-OH is 1. The molecule has 5 rings (SSSR count). The van der Waals surface area contributed by atoms with Crippen LogP contribution in [-0.2, 0) is 15.1 Å². The number of carbonyl (C=O) groups is 1. The highest BCUT2D eigenvalue weighted by Crippen LogP contribution is 2.59. The van der Waals surface area contributed by atoms with Gasteiger partial charge in [0.1, 0.15) is 11.0 Å². The molecule has 0 bridgehead atoms. The predicted molar refractivity (Wildman–Crippen MR) is 126 cm³/mol. The van der Waals surface area contributed by atoms with Crippen molar-refractivity contribution in [2.24, 2.45) is 5.41 Å². The minimum Gasteiger partial charge on any atom is -0.469 e. The van der Waals surface area contributed by atoms with Gasteiger partial charge in [-0.05, 0) is 23.1 Å². The first-order chi connectivity index (χ1) is 16.2. The molecule has 4 aromatic rings. The molecule has 2 atom stereocenters. The Kier molecular flexibility index (Phi) is 5.35. The first kappa shape index (κ1) is 21.2. The minimum absolute atomic E-state index is 0.170. The summed E-state index contributed by atoms with van der Waals surface area (Å²) < 4.78 is 7.09. The number of benzene rings is 3. The number of ether oxygens (including phenoxy) is 1. The second-order valence-corrected chi connectivity index (χ2v) is 8.58. The monoisotopic (exact) mass is 438 g/mol. The van der Waals surface area contributed by atoms with Gasteiger partial charge in [0.15, 0.2) is 0 Å². The maximum absolute atomic E-state index is 12.4. The molecule has 0 amide bonds. The van der Waals surface area contributed by atoms with Crippen LogP contribution in [-0.4, -0.2) is 34.3 Å². The van der Waals surface area contributed by atoms with Crippen molar-refractivity contribution >= 4 is 5.97 Å². The molecule has 1 N–H and O–H groups in total. The Bertz CT molecular complexity index is 1140. The molecule has 0 radical (unpaired) electrons. The van der Waals surface area contributed by atoms with Gasteiger partial charge in [-0.2, -0.15) is 0 Å². The third kappa shape index (κ3) is 3.28. The van der Waals surface area contributed by atoms with E-state index in [-0.39, 0.29) is 18.5 Å². The molecule has 5 nitrogen and oxygen atoms in total. The van der Waals surface area contributed by atoms with Crippen LogP contribution in [0.1, 0.15) is 34.7 Å². The number of hydrogen-bond donors (Lipinski definition) is 1. The summed E-state index contributed by atoms with van der Waals surface area (Å²) in [7, 11) is 1.36. The number of methoxy groups -OCH3 is 1. The molecule has 0 spiro atoms. The van der Waals surface area contributed by atoms with Crippen LogP contribution < -0.4 is 0 Å². The predicted octanol–water partition coefficient (Wildman–Crippen LogP) is 4.36. The van der Waals surface area contributed by atoms with Crippen LogP contribution in [0.25, 0.3) is 0 Å². The van der Waals surface area contributed by atoms with Crippen LogP contribution >= 0.6 is 0 Å². The molecule has 0 aliphatic heterocycles. The summed E-state index contributed by atoms with van der Waals surface area (Å²) in [5.41, 5.74) is 2.53. The van der Waals surface area contributed by atoms with E-state index in [4.69, 9.17) is 9.72 Å². The number of esters is 1. The molecule has 0 saturated heterocycles. The third-order valence-corrected chi connectivity index (χ3v) is 6.87. The maximum atomic E-state index is 12.4. The lowest BCUT2D eigenvalue weighted by Gasteiger charge is -2.37. The third-order valence-electron chi connectivity index (χ3n) is 6.87. The fraction of sp³-hybridized carbons (Fsp3) is 0.214. The van der Waals surface area contributed by atoms with Crippen molar-refractivity contribution in [3.05, 3.63) is 126 Å². The number of rotatable bonds is 7. The Morgan fingerprint density at radius 3 is 1.88 bits per heavy atom. The molecule has 1 fully saturated rings. The Balaban J connectivity index is 1.71. The quantitative estimate of drug-likeness (QED) is 0.344. The van der Waals surface area contributed by atoms with Gasteiger partial charge in [-0.25, -0.2) is 4.98 Å². The highest BCUT2D eigenvalue weighted by Gasteiger charge is 2.62. The van der Waals surface area contributed by atoms with E-state index in [0.717, 1.165) is 22.4 Å². The fourth-order valence-corrected chi connectivity index (χ4v) is 5.05. The van der Waals surface area contributed by atoms with E-state index in [9.17, 15) is 9.90 Å². The highest BCUT2D eigenvalue weighted by atomic mass is 16.5. The summed E-state index contributed by atoms with van der Waals surface area (Å²) in [4.78, 5) is 17.1. The molecule has 1 aliphatic carbocycles. The summed E-state index contributed by atoms with van der Waals surface area (Å²) >= 11 is 0. The van der Waals surface area contributed by atoms with E-state index < -0.39 is 11.0 Å². The summed E-state index contributed by atoms with van der Waals surface area (Å²) in [5, 5.41) is 9.96. The van der Waals surface area contributed by atoms with Crippen LogP contribution in [0.2, 0.25) is 0 Å². The second-order valence-electron chi connectivity index (χ2n) is 8.58. The highest BCUT2D eigenvalue weighted by molar-refractivity contribution is 5.82. The Hall–Kier alpha value is -3.70. The van der Waals surface area contributed by atoms with Gasteiger partial charge in [0, 0.05) is 12.1 Å². The number of imidazole rings is 1. The maximum Gasteiger partial charge on any atom is 0.314 e. The minimum atomic E-state index is -0.900. The number of aromatic nitrogens is 2. The van der Waals surface area contributed by atoms with Gasteiger partial charge in [-0.1, -0.05) is 91.0 Å². The molecule has 33 heavy (non-hydrogen) atoms. The van der Waals surface area contributed by atoms with Gasteiger partial charge in [-0.15, -0.1) is 0 Å². The lowest BCUT2D eigenvalue weighted by atomic mass is 9.77. The van der Waals surface area contributed by atoms with E-state index in [1.165, 1.54) is 7.11 Å². The lowest BCUT2D eigenvalue weighted by molar-refractivity contribution is -0.148. The topological polar surface area (TPSA) is 64.3 Å². The van der Waals surface area contributed by atoms with Crippen LogP contribution in [0.15, 0.2) is 104 Å². The van der Waals surface area contributed by atoms with Crippen molar-refractivity contribution in [3.8, 4) is 0 Å². The Labute approximate surface area is 193 Å². The van der Waals surface area contributed by atoms with Crippen LogP contribution in [0.4, 0.5) is 0 Å². The van der Waals surface area contributed by atoms with E-state index in [2.05, 4.69) is 41.0 Å². The molecule has 2 unspecified atom stereocenters. The number of carbonyl (C=O) groups excluding carboxylic acids is 1. The van der Waals surface area contributed by atoms with E-state index in [1.807, 2.05) is 67.1 Å². The molecule has 166 valence electrons. The van der Waals surface area contributed by atoms with Crippen molar-refractivity contribution in [3.63, 3.8) is 0 Å². The Morgan fingerprint density at radius 1 is 0.970 bits per heavy atom. The largest absolute Gasteiger partial charge is 0.469 e. The zero-order valence-electron chi connectivity index (χ0n) is 18.5. The first-order valence-corrected chi connectivity index (χ1v) is 11.1. The zero-order valence-corrected chi connectivity index (χ0v) is 18.5. The van der Waals surface area contributed by atoms with Gasteiger partial charge >= 0.3 is 5.97 Å². The van der Waals surface area contributed by atoms with Crippen molar-refractivity contribution < 1.29 is 14.6 Å². The zero-order chi connectivity index (χ0) is 22.9. The Morgan fingerprint density at radius 2 is 1.45 bits per heavy atom. The van der Waals surface area contributed by atoms with Gasteiger partial charge in [-0.3, -0.25) is 4.79 Å². The van der Waals surface area contributed by atoms with Crippen molar-refractivity contribution in [1.29, 1.82) is 0 Å². The normalized spacial score (nSPS) is 19.8. The lowest BCUT2D eigenvalue weighted by Crippen LogP contribution is -2.37. The second kappa shape index (κ2) is 8.34. The first-order valence-electron chi connectivity index (χ1n) is 11.1. The van der Waals surface area contributed by atoms with Crippen LogP contribution in [0.5, 0.6) is 0 Å². The molecule has 1 aromatic heterocycles. The summed E-state index contributed by atoms with van der Waals surface area (Å²) in [6.45, 7) is -0.252. The molecule has 3 aromatic carbocycles. The smallest absolute Gasteiger partial charge is 0.314 e. The van der Waals surface area contributed by atoms with E-state index >= 15 is 0 Å². The standard InChI is InChI=1S/C28H26N2O3/c1-33-26(32)27(19-31)17-24(27)25-18-30(20-29-25)28(21-11-5-2-6-12-21,22-13-7-3-8-14-22)23-15-9-4-10-16-23/h2-16,18,20,24,31H,17,19H2,1H3. The van der Waals surface area contributed by atoms with Crippen LogP contribution in [0.3, 0.4) is 0 Å². The van der Waals surface area contributed by atoms with Crippen molar-refractivity contribution in [1.82, 2.24) is 9.55 Å². The average molecular weight is 439 g/mol. The molecule has 5 heteroatoms. The van der Waals surface area contributed by atoms with E-state index in [0.29, 0.717) is 6.42 Å². The van der Waals surface area contributed by atoms with Gasteiger partial charge in [0.25, 0.3) is 0 Å². The fourth-order valence-electron chi connectivity index (χ4n) is 5.05. The SMILES string of the molecule is COC(=O)C1(CO)CC1c1cn(C(c2ccccc2)(c2ccccc2)c2ccccc2)cn1. The summed E-state index contributed by atoms with van der Waals surface area (Å²) in [6.07, 6.45) is 4.38. The number of nitrogens with zero attached hydrogens (tertiary/aromatic N) is 2. The van der Waals surface area contributed by atoms with Crippen molar-refractivity contribution in [2.45, 2.75) is 17.9 Å². The summed E-state index contributed by atoms with van der Waals surface area (Å²) in [5.74, 6) is -0.554. The molecule has 1 saturated carbocycles. The van der Waals surface area contributed by atoms with Crippen LogP contribution in [0, 0.1) is 5.41 Å². The molecular formula is C28H26N2O3. The molecule has 1 heterocycles. The van der Waals surface area contributed by atoms with Gasteiger partial charge in [0.05, 0.1) is 25.7 Å². The average Bonchev–Trinajstić information content (AvgIpc) is 3.45. The van der Waals surface area contributed by atoms with Crippen molar-refractivity contribution in [2.75, 3.05) is 13.7 Å². The van der Waals surface area contributed by atoms with E-state index in [1.54, 1.807) is 0 Å². The number of hydrogen-bond acceptors (Lipinski definition) is 4. The summed E-state index contributed by atoms with van der Waals surface area (Å²) in [6, 6.07) is 31.1. The van der Waals surface area contributed by atoms with Gasteiger partial charge in [0.2, 0.25) is 0 Å². The molecule has 1 aliphatic rings.